The smallest absolute Gasteiger partial charge is 0.319 e. The SMILES string of the molecule is CC(C)(CSS(=O)(=O)O)NCCCN. The van der Waals surface area contributed by atoms with Gasteiger partial charge in [-0.05, 0) is 44.2 Å². The van der Waals surface area contributed by atoms with Crippen molar-refractivity contribution in [3.05, 3.63) is 0 Å². The van der Waals surface area contributed by atoms with E-state index in [0.717, 1.165) is 13.0 Å². The van der Waals surface area contributed by atoms with E-state index in [0.29, 0.717) is 23.1 Å². The van der Waals surface area contributed by atoms with Gasteiger partial charge < -0.3 is 11.1 Å². The lowest BCUT2D eigenvalue weighted by atomic mass is 10.1. The van der Waals surface area contributed by atoms with Gasteiger partial charge in [0.15, 0.2) is 0 Å². The minimum absolute atomic E-state index is 0.302. The molecule has 86 valence electrons. The highest BCUT2D eigenvalue weighted by Crippen LogP contribution is 2.17. The van der Waals surface area contributed by atoms with E-state index in [2.05, 4.69) is 5.32 Å². The monoisotopic (exact) mass is 242 g/mol. The highest BCUT2D eigenvalue weighted by atomic mass is 33.1. The quantitative estimate of drug-likeness (QED) is 0.336. The van der Waals surface area contributed by atoms with Crippen LogP contribution in [0.25, 0.3) is 0 Å². The topological polar surface area (TPSA) is 92.4 Å². The predicted molar refractivity (Wildman–Crippen MR) is 59.8 cm³/mol. The van der Waals surface area contributed by atoms with E-state index in [1.165, 1.54) is 0 Å². The van der Waals surface area contributed by atoms with Crippen molar-refractivity contribution < 1.29 is 13.0 Å². The van der Waals surface area contributed by atoms with Crippen molar-refractivity contribution in [3.63, 3.8) is 0 Å². The molecule has 0 unspecified atom stereocenters. The van der Waals surface area contributed by atoms with Crippen LogP contribution in [0.3, 0.4) is 0 Å². The number of hydrogen-bond acceptors (Lipinski definition) is 5. The highest BCUT2D eigenvalue weighted by Gasteiger charge is 2.20. The number of nitrogens with one attached hydrogen (secondary N) is 1. The van der Waals surface area contributed by atoms with Crippen LogP contribution < -0.4 is 11.1 Å². The Kier molecular flexibility index (Phi) is 5.99. The average molecular weight is 242 g/mol. The lowest BCUT2D eigenvalue weighted by Gasteiger charge is -2.25. The van der Waals surface area contributed by atoms with Crippen molar-refractivity contribution >= 4 is 19.9 Å². The van der Waals surface area contributed by atoms with Crippen molar-refractivity contribution in [1.82, 2.24) is 5.32 Å². The van der Waals surface area contributed by atoms with Crippen molar-refractivity contribution in [3.8, 4) is 0 Å². The van der Waals surface area contributed by atoms with Crippen LogP contribution in [0.4, 0.5) is 0 Å². The zero-order valence-corrected chi connectivity index (χ0v) is 10.1. The van der Waals surface area contributed by atoms with E-state index >= 15 is 0 Å². The Hall–Kier alpha value is 0.180. The molecule has 0 fully saturated rings. The Morgan fingerprint density at radius 2 is 2.07 bits per heavy atom. The zero-order chi connectivity index (χ0) is 11.2. The summed E-state index contributed by atoms with van der Waals surface area (Å²) < 4.78 is 29.5. The first-order valence-electron chi connectivity index (χ1n) is 4.34. The third kappa shape index (κ3) is 8.76. The largest absolute Gasteiger partial charge is 0.330 e. The van der Waals surface area contributed by atoms with Crippen molar-refractivity contribution in [1.29, 1.82) is 0 Å². The van der Waals surface area contributed by atoms with Gasteiger partial charge >= 0.3 is 9.15 Å². The third-order valence-electron chi connectivity index (χ3n) is 1.55. The summed E-state index contributed by atoms with van der Waals surface area (Å²) in [5.41, 5.74) is 5.00. The second-order valence-corrected chi connectivity index (χ2v) is 6.99. The molecule has 4 N–H and O–H groups in total. The maximum Gasteiger partial charge on any atom is 0.319 e. The molecule has 0 saturated heterocycles. The Bertz CT molecular complexity index is 252. The molecular weight excluding hydrogens is 224 g/mol. The van der Waals surface area contributed by atoms with Crippen LogP contribution >= 0.6 is 10.8 Å². The Morgan fingerprint density at radius 3 is 2.50 bits per heavy atom. The van der Waals surface area contributed by atoms with Crippen molar-refractivity contribution in [2.45, 2.75) is 25.8 Å². The van der Waals surface area contributed by atoms with Gasteiger partial charge in [0.25, 0.3) is 0 Å². The molecule has 5 nitrogen and oxygen atoms in total. The molecule has 0 aliphatic carbocycles. The minimum atomic E-state index is -3.94. The summed E-state index contributed by atoms with van der Waals surface area (Å²) in [6, 6.07) is 0. The van der Waals surface area contributed by atoms with Crippen LogP contribution in [0.5, 0.6) is 0 Å². The molecule has 0 aromatic carbocycles. The van der Waals surface area contributed by atoms with E-state index in [-0.39, 0.29) is 5.54 Å². The molecule has 0 amide bonds. The van der Waals surface area contributed by atoms with Crippen molar-refractivity contribution in [2.24, 2.45) is 5.73 Å². The number of nitrogens with two attached hydrogens (primary N) is 1. The number of rotatable bonds is 7. The molecule has 0 aliphatic rings. The van der Waals surface area contributed by atoms with Crippen LogP contribution in [-0.2, 0) is 9.15 Å². The summed E-state index contributed by atoms with van der Waals surface area (Å²) in [6.45, 7) is 5.10. The summed E-state index contributed by atoms with van der Waals surface area (Å²) in [7, 11) is -3.40. The Balaban J connectivity index is 3.83. The molecule has 0 aromatic rings. The molecule has 0 saturated carbocycles. The molecule has 0 atom stereocenters. The van der Waals surface area contributed by atoms with Crippen LogP contribution in [0.2, 0.25) is 0 Å². The molecule has 0 aliphatic heterocycles. The second-order valence-electron chi connectivity index (χ2n) is 3.64. The number of hydrogen-bond donors (Lipinski definition) is 3. The van der Waals surface area contributed by atoms with Gasteiger partial charge in [-0.15, -0.1) is 0 Å². The van der Waals surface area contributed by atoms with Crippen LogP contribution in [0.1, 0.15) is 20.3 Å². The van der Waals surface area contributed by atoms with Gasteiger partial charge in [-0.2, -0.15) is 8.42 Å². The molecule has 7 heteroatoms. The lowest BCUT2D eigenvalue weighted by molar-refractivity contribution is 0.431. The molecule has 0 rings (SSSR count). The maximum atomic E-state index is 10.5. The Morgan fingerprint density at radius 1 is 1.50 bits per heavy atom. The second kappa shape index (κ2) is 5.92. The van der Waals surface area contributed by atoms with Gasteiger partial charge in [0, 0.05) is 11.3 Å². The van der Waals surface area contributed by atoms with Crippen molar-refractivity contribution in [2.75, 3.05) is 18.8 Å². The van der Waals surface area contributed by atoms with Crippen LogP contribution in [-0.4, -0.2) is 37.4 Å². The molecule has 0 bridgehead atoms. The lowest BCUT2D eigenvalue weighted by Crippen LogP contribution is -2.42. The summed E-state index contributed by atoms with van der Waals surface area (Å²) >= 11 is 0. The molecular formula is C7H18N2O3S2. The molecule has 0 aromatic heterocycles. The summed E-state index contributed by atoms with van der Waals surface area (Å²) in [5.74, 6) is 0.302. The fourth-order valence-electron chi connectivity index (χ4n) is 0.802. The van der Waals surface area contributed by atoms with E-state index in [9.17, 15) is 8.42 Å². The summed E-state index contributed by atoms with van der Waals surface area (Å²) in [5, 5.41) is 3.16. The minimum Gasteiger partial charge on any atom is -0.330 e. The fourth-order valence-corrected chi connectivity index (χ4v) is 2.68. The van der Waals surface area contributed by atoms with E-state index in [1.54, 1.807) is 0 Å². The fraction of sp³-hybridized carbons (Fsp3) is 1.00. The van der Waals surface area contributed by atoms with Gasteiger partial charge in [-0.25, -0.2) is 0 Å². The average Bonchev–Trinajstić information content (AvgIpc) is 2.00. The molecule has 0 spiro atoms. The summed E-state index contributed by atoms with van der Waals surface area (Å²) in [6.07, 6.45) is 0.847. The first-order chi connectivity index (χ1) is 6.27. The third-order valence-corrected chi connectivity index (χ3v) is 3.94. The van der Waals surface area contributed by atoms with Gasteiger partial charge in [-0.1, -0.05) is 0 Å². The van der Waals surface area contributed by atoms with E-state index in [1.807, 2.05) is 13.8 Å². The van der Waals surface area contributed by atoms with Gasteiger partial charge in [0.2, 0.25) is 0 Å². The highest BCUT2D eigenvalue weighted by molar-refractivity contribution is 8.69. The van der Waals surface area contributed by atoms with Gasteiger partial charge in [-0.3, -0.25) is 4.55 Å². The van der Waals surface area contributed by atoms with Gasteiger partial charge in [0.1, 0.15) is 0 Å². The van der Waals surface area contributed by atoms with E-state index < -0.39 is 9.15 Å². The molecule has 14 heavy (non-hydrogen) atoms. The molecule has 0 heterocycles. The first-order valence-corrected chi connectivity index (χ1v) is 7.28. The Labute approximate surface area is 89.0 Å². The van der Waals surface area contributed by atoms with Crippen LogP contribution in [0.15, 0.2) is 0 Å². The predicted octanol–water partition coefficient (Wildman–Crippen LogP) is 0.239. The maximum absolute atomic E-state index is 10.5. The first kappa shape index (κ1) is 14.2. The normalized spacial score (nSPS) is 13.1. The van der Waals surface area contributed by atoms with E-state index in [4.69, 9.17) is 10.3 Å². The standard InChI is InChI=1S/C7H18N2O3S2/c1-7(2,9-5-3-4-8)6-13-14(10,11)12/h9H,3-6,8H2,1-2H3,(H,10,11,12). The summed E-state index contributed by atoms with van der Waals surface area (Å²) in [4.78, 5) is 0. The van der Waals surface area contributed by atoms with Crippen LogP contribution in [0, 0.1) is 0 Å². The zero-order valence-electron chi connectivity index (χ0n) is 8.49. The van der Waals surface area contributed by atoms with Gasteiger partial charge in [0.05, 0.1) is 0 Å². The molecule has 0 radical (unpaired) electrons.